The van der Waals surface area contributed by atoms with Crippen LogP contribution in [0.3, 0.4) is 0 Å². The zero-order valence-corrected chi connectivity index (χ0v) is 16.3. The van der Waals surface area contributed by atoms with Gasteiger partial charge in [0.15, 0.2) is 5.58 Å². The van der Waals surface area contributed by atoms with Crippen LogP contribution in [0.15, 0.2) is 65.3 Å². The highest BCUT2D eigenvalue weighted by Gasteiger charge is 2.22. The van der Waals surface area contributed by atoms with Crippen molar-refractivity contribution in [2.45, 2.75) is 26.8 Å². The van der Waals surface area contributed by atoms with E-state index in [9.17, 15) is 9.90 Å². The molecule has 2 heterocycles. The van der Waals surface area contributed by atoms with Crippen molar-refractivity contribution in [2.75, 3.05) is 4.90 Å². The van der Waals surface area contributed by atoms with E-state index in [-0.39, 0.29) is 24.6 Å². The molecule has 0 unspecified atom stereocenters. The van der Waals surface area contributed by atoms with Gasteiger partial charge in [-0.05, 0) is 61.4 Å². The highest BCUT2D eigenvalue weighted by molar-refractivity contribution is 5.97. The van der Waals surface area contributed by atoms with Crippen LogP contribution in [-0.4, -0.2) is 21.2 Å². The van der Waals surface area contributed by atoms with Gasteiger partial charge in [-0.1, -0.05) is 23.4 Å². The number of amides is 1. The number of carbonyl (C=O) groups is 1. The molecule has 0 fully saturated rings. The third-order valence-electron chi connectivity index (χ3n) is 5.00. The lowest BCUT2D eigenvalue weighted by Crippen LogP contribution is -2.32. The molecule has 146 valence electrons. The molecule has 0 spiro atoms. The third kappa shape index (κ3) is 3.82. The van der Waals surface area contributed by atoms with Crippen LogP contribution in [0.5, 0.6) is 5.75 Å². The van der Waals surface area contributed by atoms with E-state index in [4.69, 9.17) is 4.52 Å². The number of anilines is 1. The summed E-state index contributed by atoms with van der Waals surface area (Å²) in [5, 5.41) is 15.3. The summed E-state index contributed by atoms with van der Waals surface area (Å²) in [7, 11) is 0. The molecule has 0 radical (unpaired) electrons. The number of hydrogen-bond donors (Lipinski definition) is 1. The number of fused-ring (bicyclic) bond motifs is 1. The van der Waals surface area contributed by atoms with Crippen molar-refractivity contribution in [3.63, 3.8) is 0 Å². The smallest absolute Gasteiger partial charge is 0.233 e. The number of para-hydroxylation sites is 2. The number of phenols is 1. The summed E-state index contributed by atoms with van der Waals surface area (Å²) in [6.45, 7) is 4.27. The Bertz CT molecular complexity index is 1170. The maximum Gasteiger partial charge on any atom is 0.233 e. The summed E-state index contributed by atoms with van der Waals surface area (Å²) < 4.78 is 5.43. The Hall–Kier alpha value is -3.67. The second kappa shape index (κ2) is 7.75. The zero-order valence-electron chi connectivity index (χ0n) is 16.3. The molecule has 2 aromatic carbocycles. The van der Waals surface area contributed by atoms with E-state index < -0.39 is 0 Å². The highest BCUT2D eigenvalue weighted by atomic mass is 16.5. The van der Waals surface area contributed by atoms with Crippen molar-refractivity contribution < 1.29 is 14.4 Å². The number of phenolic OH excluding ortho intramolecular Hbond substituents is 1. The quantitative estimate of drug-likeness (QED) is 0.552. The monoisotopic (exact) mass is 387 g/mol. The molecule has 29 heavy (non-hydrogen) atoms. The van der Waals surface area contributed by atoms with Crippen molar-refractivity contribution in [2.24, 2.45) is 0 Å². The fraction of sp³-hybridized carbons (Fsp3) is 0.174. The van der Waals surface area contributed by atoms with E-state index in [0.717, 1.165) is 22.2 Å². The molecule has 1 N–H and O–H groups in total. The van der Waals surface area contributed by atoms with E-state index in [2.05, 4.69) is 10.1 Å². The van der Waals surface area contributed by atoms with E-state index in [1.807, 2.05) is 44.2 Å². The van der Waals surface area contributed by atoms with Gasteiger partial charge in [0.1, 0.15) is 11.4 Å². The van der Waals surface area contributed by atoms with Gasteiger partial charge in [0, 0.05) is 11.6 Å². The predicted octanol–water partition coefficient (Wildman–Crippen LogP) is 4.32. The Balaban J connectivity index is 1.68. The van der Waals surface area contributed by atoms with Gasteiger partial charge in [-0.15, -0.1) is 0 Å². The number of aryl methyl sites for hydroxylation is 2. The molecule has 6 nitrogen and oxygen atoms in total. The largest absolute Gasteiger partial charge is 0.506 e. The van der Waals surface area contributed by atoms with Crippen molar-refractivity contribution >= 4 is 22.6 Å². The topological polar surface area (TPSA) is 79.5 Å². The van der Waals surface area contributed by atoms with Crippen molar-refractivity contribution in [1.82, 2.24) is 10.1 Å². The minimum absolute atomic E-state index is 0.0354. The van der Waals surface area contributed by atoms with Gasteiger partial charge >= 0.3 is 0 Å². The van der Waals surface area contributed by atoms with Crippen LogP contribution in [0.4, 0.5) is 5.69 Å². The Morgan fingerprint density at radius 1 is 1.07 bits per heavy atom. The average Bonchev–Trinajstić information content (AvgIpc) is 3.09. The van der Waals surface area contributed by atoms with Crippen LogP contribution >= 0.6 is 0 Å². The number of carbonyl (C=O) groups excluding carboxylic acids is 1. The minimum atomic E-state index is -0.203. The molecule has 0 saturated carbocycles. The molecule has 4 aromatic rings. The lowest BCUT2D eigenvalue weighted by molar-refractivity contribution is -0.118. The molecule has 2 aromatic heterocycles. The first-order valence-corrected chi connectivity index (χ1v) is 9.36. The first kappa shape index (κ1) is 18.7. The molecule has 0 bridgehead atoms. The standard InChI is InChI=1S/C23H21N3O3/c1-15-11-18-19(25-29-22(18)12-16(15)2)13-23(28)26(14-17-7-5-6-10-24-17)20-8-3-4-9-21(20)27/h3-12,27H,13-14H2,1-2H3. The maximum atomic E-state index is 13.3. The Labute approximate surface area is 168 Å². The van der Waals surface area contributed by atoms with Gasteiger partial charge in [0.05, 0.1) is 24.3 Å². The van der Waals surface area contributed by atoms with Crippen LogP contribution < -0.4 is 4.90 Å². The van der Waals surface area contributed by atoms with Crippen LogP contribution in [-0.2, 0) is 17.8 Å². The minimum Gasteiger partial charge on any atom is -0.506 e. The first-order valence-electron chi connectivity index (χ1n) is 9.36. The molecular weight excluding hydrogens is 366 g/mol. The Morgan fingerprint density at radius 3 is 2.59 bits per heavy atom. The molecule has 4 rings (SSSR count). The molecule has 6 heteroatoms. The van der Waals surface area contributed by atoms with Crippen molar-refractivity contribution in [3.8, 4) is 5.75 Å². The lowest BCUT2D eigenvalue weighted by Gasteiger charge is -2.23. The van der Waals surface area contributed by atoms with Gasteiger partial charge in [-0.3, -0.25) is 9.78 Å². The van der Waals surface area contributed by atoms with Gasteiger partial charge < -0.3 is 14.5 Å². The summed E-state index contributed by atoms with van der Waals surface area (Å²) in [6.07, 6.45) is 1.73. The summed E-state index contributed by atoms with van der Waals surface area (Å²) in [4.78, 5) is 19.1. The Kier molecular flexibility index (Phi) is 4.99. The normalized spacial score (nSPS) is 11.0. The second-order valence-corrected chi connectivity index (χ2v) is 7.03. The molecule has 0 saturated heterocycles. The number of pyridine rings is 1. The first-order chi connectivity index (χ1) is 14.0. The molecule has 0 aliphatic rings. The molecule has 0 aliphatic carbocycles. The van der Waals surface area contributed by atoms with Crippen LogP contribution in [0, 0.1) is 13.8 Å². The number of aromatic nitrogens is 2. The lowest BCUT2D eigenvalue weighted by atomic mass is 10.1. The van der Waals surface area contributed by atoms with Crippen LogP contribution in [0.1, 0.15) is 22.5 Å². The Morgan fingerprint density at radius 2 is 1.83 bits per heavy atom. The number of rotatable bonds is 5. The number of aromatic hydroxyl groups is 1. The van der Waals surface area contributed by atoms with Crippen molar-refractivity contribution in [1.29, 1.82) is 0 Å². The second-order valence-electron chi connectivity index (χ2n) is 7.03. The predicted molar refractivity (Wildman–Crippen MR) is 111 cm³/mol. The van der Waals surface area contributed by atoms with E-state index in [1.54, 1.807) is 30.5 Å². The van der Waals surface area contributed by atoms with E-state index in [0.29, 0.717) is 17.0 Å². The zero-order chi connectivity index (χ0) is 20.4. The van der Waals surface area contributed by atoms with E-state index in [1.165, 1.54) is 4.90 Å². The summed E-state index contributed by atoms with van der Waals surface area (Å²) >= 11 is 0. The summed E-state index contributed by atoms with van der Waals surface area (Å²) in [5.41, 5.74) is 4.62. The SMILES string of the molecule is Cc1cc2onc(CC(=O)N(Cc3ccccn3)c3ccccc3O)c2cc1C. The van der Waals surface area contributed by atoms with Gasteiger partial charge in [0.25, 0.3) is 0 Å². The van der Waals surface area contributed by atoms with Crippen LogP contribution in [0.25, 0.3) is 11.0 Å². The maximum absolute atomic E-state index is 13.3. The highest BCUT2D eigenvalue weighted by Crippen LogP contribution is 2.29. The number of nitrogens with zero attached hydrogens (tertiary/aromatic N) is 3. The van der Waals surface area contributed by atoms with Gasteiger partial charge in [-0.2, -0.15) is 0 Å². The van der Waals surface area contributed by atoms with E-state index >= 15 is 0 Å². The summed E-state index contributed by atoms with van der Waals surface area (Å²) in [5.74, 6) is -0.168. The molecule has 0 atom stereocenters. The third-order valence-corrected chi connectivity index (χ3v) is 5.00. The molecule has 1 amide bonds. The van der Waals surface area contributed by atoms with Crippen LogP contribution in [0.2, 0.25) is 0 Å². The molecule has 0 aliphatic heterocycles. The fourth-order valence-corrected chi connectivity index (χ4v) is 3.26. The number of hydrogen-bond acceptors (Lipinski definition) is 5. The van der Waals surface area contributed by atoms with Gasteiger partial charge in [-0.25, -0.2) is 0 Å². The number of benzene rings is 2. The van der Waals surface area contributed by atoms with Gasteiger partial charge in [0.2, 0.25) is 5.91 Å². The fourth-order valence-electron chi connectivity index (χ4n) is 3.26. The van der Waals surface area contributed by atoms with Crippen molar-refractivity contribution in [3.05, 3.63) is 83.3 Å². The summed E-state index contributed by atoms with van der Waals surface area (Å²) in [6, 6.07) is 16.2. The molecular formula is C23H21N3O3. The average molecular weight is 387 g/mol.